The molecular weight excluding hydrogens is 446 g/mol. The lowest BCUT2D eigenvalue weighted by Gasteiger charge is -2.26. The highest BCUT2D eigenvalue weighted by atomic mass is 79.9. The lowest BCUT2D eigenvalue weighted by Crippen LogP contribution is -2.41. The first-order valence-corrected chi connectivity index (χ1v) is 10.3. The lowest BCUT2D eigenvalue weighted by atomic mass is 10.1. The van der Waals surface area contributed by atoms with Crippen molar-refractivity contribution in [3.63, 3.8) is 0 Å². The summed E-state index contributed by atoms with van der Waals surface area (Å²) in [5.41, 5.74) is 0.500. The predicted octanol–water partition coefficient (Wildman–Crippen LogP) is 3.14. The van der Waals surface area contributed by atoms with E-state index in [0.717, 1.165) is 9.37 Å². The van der Waals surface area contributed by atoms with Gasteiger partial charge in [-0.05, 0) is 24.3 Å². The van der Waals surface area contributed by atoms with Crippen LogP contribution in [-0.4, -0.2) is 28.3 Å². The lowest BCUT2D eigenvalue weighted by molar-refractivity contribution is -0.116. The molecule has 9 heteroatoms. The Morgan fingerprint density at radius 1 is 1.36 bits per heavy atom. The summed E-state index contributed by atoms with van der Waals surface area (Å²) in [5, 5.41) is 2.83. The third-order valence-corrected chi connectivity index (χ3v) is 6.14. The number of aromatic amines is 1. The molecule has 1 aliphatic heterocycles. The van der Waals surface area contributed by atoms with Crippen molar-refractivity contribution in [2.24, 2.45) is 0 Å². The Morgan fingerprint density at radius 3 is 2.96 bits per heavy atom. The van der Waals surface area contributed by atoms with Crippen LogP contribution < -0.4 is 21.2 Å². The molecule has 28 heavy (non-hydrogen) atoms. The molecule has 2 N–H and O–H groups in total. The number of benzene rings is 2. The molecule has 4 rings (SSSR count). The minimum atomic E-state index is -0.693. The molecular formula is C19H16BrN3O4S. The van der Waals surface area contributed by atoms with Crippen LogP contribution in [0.3, 0.4) is 0 Å². The summed E-state index contributed by atoms with van der Waals surface area (Å²) in [7, 11) is 1.56. The van der Waals surface area contributed by atoms with E-state index in [4.69, 9.17) is 4.74 Å². The van der Waals surface area contributed by atoms with Crippen LogP contribution in [-0.2, 0) is 4.79 Å². The van der Waals surface area contributed by atoms with Gasteiger partial charge in [0.1, 0.15) is 5.75 Å². The van der Waals surface area contributed by atoms with Crippen molar-refractivity contribution in [2.75, 3.05) is 18.2 Å². The fourth-order valence-corrected chi connectivity index (χ4v) is 5.10. The molecule has 0 radical (unpaired) electrons. The van der Waals surface area contributed by atoms with Gasteiger partial charge in [0.25, 0.3) is 0 Å². The number of methoxy groups -OCH3 is 1. The van der Waals surface area contributed by atoms with Crippen molar-refractivity contribution in [3.8, 4) is 5.75 Å². The monoisotopic (exact) mass is 461 g/mol. The minimum Gasteiger partial charge on any atom is -0.497 e. The van der Waals surface area contributed by atoms with E-state index in [1.54, 1.807) is 49.2 Å². The Morgan fingerprint density at radius 2 is 2.18 bits per heavy atom. The third kappa shape index (κ3) is 3.47. The molecule has 1 amide bonds. The average Bonchev–Trinajstić information content (AvgIpc) is 2.66. The Hall–Kier alpha value is -2.52. The standard InChI is InChI=1S/C19H16BrN3O4S/c1-27-13-4-2-3-11(7-13)21-16(24)8-12-9-28-15-6-10(20)5-14-17(15)23(12)19(26)18(25)22-14/h2-7,12H,8-9H2,1H3,(H,21,24)(H,22,25). The van der Waals surface area contributed by atoms with Crippen LogP contribution in [0, 0.1) is 0 Å². The number of carbonyl (C=O) groups is 1. The highest BCUT2D eigenvalue weighted by Gasteiger charge is 2.27. The number of H-pyrrole nitrogens is 1. The van der Waals surface area contributed by atoms with Crippen LogP contribution >= 0.6 is 27.7 Å². The summed E-state index contributed by atoms with van der Waals surface area (Å²) in [6.07, 6.45) is 0.0815. The molecule has 7 nitrogen and oxygen atoms in total. The maximum atomic E-state index is 12.6. The molecule has 3 aromatic rings. The Bertz CT molecular complexity index is 1200. The van der Waals surface area contributed by atoms with Crippen LogP contribution in [0.5, 0.6) is 5.75 Å². The van der Waals surface area contributed by atoms with E-state index < -0.39 is 17.2 Å². The zero-order chi connectivity index (χ0) is 19.8. The molecule has 144 valence electrons. The van der Waals surface area contributed by atoms with E-state index >= 15 is 0 Å². The number of nitrogens with zero attached hydrogens (tertiary/aromatic N) is 1. The van der Waals surface area contributed by atoms with E-state index in [0.29, 0.717) is 28.2 Å². The van der Waals surface area contributed by atoms with Gasteiger partial charge in [-0.2, -0.15) is 0 Å². The van der Waals surface area contributed by atoms with Gasteiger partial charge < -0.3 is 15.0 Å². The molecule has 1 atom stereocenters. The molecule has 1 aliphatic rings. The quantitative estimate of drug-likeness (QED) is 0.582. The van der Waals surface area contributed by atoms with Gasteiger partial charge in [0.05, 0.1) is 24.2 Å². The Kier molecular flexibility index (Phi) is 5.03. The summed E-state index contributed by atoms with van der Waals surface area (Å²) in [4.78, 5) is 40.8. The van der Waals surface area contributed by atoms with E-state index in [1.807, 2.05) is 6.07 Å². The van der Waals surface area contributed by atoms with E-state index in [-0.39, 0.29) is 12.3 Å². The topological polar surface area (TPSA) is 93.2 Å². The number of anilines is 1. The molecule has 1 aromatic heterocycles. The zero-order valence-corrected chi connectivity index (χ0v) is 17.2. The maximum absolute atomic E-state index is 12.6. The van der Waals surface area contributed by atoms with Crippen LogP contribution in [0.4, 0.5) is 5.69 Å². The van der Waals surface area contributed by atoms with Crippen molar-refractivity contribution in [1.82, 2.24) is 9.55 Å². The third-order valence-electron chi connectivity index (χ3n) is 4.51. The Labute approximate surface area is 172 Å². The highest BCUT2D eigenvalue weighted by Crippen LogP contribution is 2.37. The largest absolute Gasteiger partial charge is 0.497 e. The first-order valence-electron chi connectivity index (χ1n) is 8.51. The molecule has 1 unspecified atom stereocenters. The van der Waals surface area contributed by atoms with Crippen LogP contribution in [0.1, 0.15) is 12.5 Å². The highest BCUT2D eigenvalue weighted by molar-refractivity contribution is 9.10. The van der Waals surface area contributed by atoms with Crippen molar-refractivity contribution in [3.05, 3.63) is 61.6 Å². The molecule has 0 saturated heterocycles. The number of ether oxygens (including phenoxy) is 1. The fraction of sp³-hybridized carbons (Fsp3) is 0.211. The molecule has 0 fully saturated rings. The predicted molar refractivity (Wildman–Crippen MR) is 113 cm³/mol. The number of hydrogen-bond donors (Lipinski definition) is 2. The van der Waals surface area contributed by atoms with Crippen LogP contribution in [0.25, 0.3) is 11.0 Å². The first-order chi connectivity index (χ1) is 13.5. The number of aromatic nitrogens is 2. The number of nitrogens with one attached hydrogen (secondary N) is 2. The maximum Gasteiger partial charge on any atom is 0.317 e. The van der Waals surface area contributed by atoms with Crippen molar-refractivity contribution in [2.45, 2.75) is 17.4 Å². The van der Waals surface area contributed by atoms with Crippen molar-refractivity contribution < 1.29 is 9.53 Å². The summed E-state index contributed by atoms with van der Waals surface area (Å²) in [5.74, 6) is 0.922. The smallest absolute Gasteiger partial charge is 0.317 e. The molecule has 0 saturated carbocycles. The van der Waals surface area contributed by atoms with E-state index in [9.17, 15) is 14.4 Å². The summed E-state index contributed by atoms with van der Waals surface area (Å²) in [6.45, 7) is 0. The van der Waals surface area contributed by atoms with Gasteiger partial charge >= 0.3 is 11.1 Å². The summed E-state index contributed by atoms with van der Waals surface area (Å²) in [6, 6.07) is 10.3. The van der Waals surface area contributed by atoms with Gasteiger partial charge in [0.15, 0.2) is 0 Å². The number of halogens is 1. The summed E-state index contributed by atoms with van der Waals surface area (Å²) < 4.78 is 7.43. The SMILES string of the molecule is COc1cccc(NC(=O)CC2CSc3cc(Br)cc4[nH]c(=O)c(=O)n2c34)c1. The average molecular weight is 462 g/mol. The summed E-state index contributed by atoms with van der Waals surface area (Å²) >= 11 is 4.98. The number of thioether (sulfide) groups is 1. The number of rotatable bonds is 4. The van der Waals surface area contributed by atoms with Gasteiger partial charge in [-0.25, -0.2) is 0 Å². The minimum absolute atomic E-state index is 0.0815. The number of amides is 1. The molecule has 0 bridgehead atoms. The van der Waals surface area contributed by atoms with Crippen LogP contribution in [0.2, 0.25) is 0 Å². The van der Waals surface area contributed by atoms with Crippen LogP contribution in [0.15, 0.2) is 55.4 Å². The van der Waals surface area contributed by atoms with Gasteiger partial charge in [-0.3, -0.25) is 19.0 Å². The Balaban J connectivity index is 1.67. The second-order valence-corrected chi connectivity index (χ2v) is 8.36. The normalized spacial score (nSPS) is 15.4. The fourth-order valence-electron chi connectivity index (χ4n) is 3.30. The second-order valence-electron chi connectivity index (χ2n) is 6.38. The number of carbonyl (C=O) groups excluding carboxylic acids is 1. The van der Waals surface area contributed by atoms with Gasteiger partial charge in [0.2, 0.25) is 5.91 Å². The van der Waals surface area contributed by atoms with Gasteiger partial charge in [-0.15, -0.1) is 11.8 Å². The zero-order valence-electron chi connectivity index (χ0n) is 14.8. The van der Waals surface area contributed by atoms with E-state index in [2.05, 4.69) is 26.2 Å². The molecule has 2 heterocycles. The van der Waals surface area contributed by atoms with E-state index in [1.165, 1.54) is 4.57 Å². The molecule has 0 aliphatic carbocycles. The second kappa shape index (κ2) is 7.48. The molecule has 0 spiro atoms. The number of hydrogen-bond acceptors (Lipinski definition) is 5. The van der Waals surface area contributed by atoms with Crippen molar-refractivity contribution in [1.29, 1.82) is 0 Å². The first kappa shape index (κ1) is 18.8. The van der Waals surface area contributed by atoms with Gasteiger partial charge in [0, 0.05) is 33.3 Å². The molecule has 2 aromatic carbocycles. The van der Waals surface area contributed by atoms with Gasteiger partial charge in [-0.1, -0.05) is 22.0 Å². The van der Waals surface area contributed by atoms with Crippen molar-refractivity contribution >= 4 is 50.3 Å².